The molecule has 1 fully saturated rings. The van der Waals surface area contributed by atoms with Gasteiger partial charge < -0.3 is 39.9 Å². The van der Waals surface area contributed by atoms with E-state index in [9.17, 15) is 19.2 Å². The van der Waals surface area contributed by atoms with Gasteiger partial charge in [-0.25, -0.2) is 9.59 Å². The molecular formula is C30H58BN3O9. The number of primary amides is 1. The second-order valence-corrected chi connectivity index (χ2v) is 14.9. The quantitative estimate of drug-likeness (QED) is 0.172. The van der Waals surface area contributed by atoms with Gasteiger partial charge in [0.2, 0.25) is 5.91 Å². The maximum absolute atomic E-state index is 12.3. The van der Waals surface area contributed by atoms with E-state index in [4.69, 9.17) is 29.3 Å². The van der Waals surface area contributed by atoms with E-state index in [1.807, 2.05) is 69.2 Å². The smallest absolute Gasteiger partial charge is 0.457 e. The van der Waals surface area contributed by atoms with Gasteiger partial charge in [0.15, 0.2) is 0 Å². The summed E-state index contributed by atoms with van der Waals surface area (Å²) in [6.07, 6.45) is 1.38. The monoisotopic (exact) mass is 615 g/mol. The maximum Gasteiger partial charge on any atom is 0.457 e. The van der Waals surface area contributed by atoms with Gasteiger partial charge in [-0.2, -0.15) is 0 Å². The summed E-state index contributed by atoms with van der Waals surface area (Å²) in [5.74, 6) is -0.922. The van der Waals surface area contributed by atoms with Crippen LogP contribution in [-0.4, -0.2) is 71.8 Å². The number of amides is 3. The summed E-state index contributed by atoms with van der Waals surface area (Å²) in [4.78, 5) is 45.9. The molecule has 1 rings (SSSR count). The highest BCUT2D eigenvalue weighted by molar-refractivity contribution is 6.45. The van der Waals surface area contributed by atoms with Crippen molar-refractivity contribution in [3.05, 3.63) is 0 Å². The molecule has 0 spiro atoms. The predicted octanol–water partition coefficient (Wildman–Crippen LogP) is 5.12. The van der Waals surface area contributed by atoms with Crippen LogP contribution in [0.3, 0.4) is 0 Å². The van der Waals surface area contributed by atoms with Crippen molar-refractivity contribution in [1.82, 2.24) is 10.6 Å². The van der Waals surface area contributed by atoms with E-state index >= 15 is 0 Å². The van der Waals surface area contributed by atoms with Gasteiger partial charge in [0, 0.05) is 6.54 Å². The minimum absolute atomic E-state index is 0.0604. The van der Waals surface area contributed by atoms with Gasteiger partial charge in [0.25, 0.3) is 0 Å². The number of hydrogen-bond acceptors (Lipinski definition) is 9. The van der Waals surface area contributed by atoms with Crippen molar-refractivity contribution >= 4 is 31.2 Å². The first-order valence-corrected chi connectivity index (χ1v) is 15.0. The Kier molecular flexibility index (Phi) is 15.0. The minimum Gasteiger partial charge on any atom is -0.460 e. The lowest BCUT2D eigenvalue weighted by molar-refractivity contribution is -0.156. The zero-order valence-corrected chi connectivity index (χ0v) is 29.0. The van der Waals surface area contributed by atoms with Gasteiger partial charge in [-0.05, 0) is 116 Å². The van der Waals surface area contributed by atoms with Crippen LogP contribution in [0.4, 0.5) is 9.59 Å². The highest BCUT2D eigenvalue weighted by Gasteiger charge is 2.50. The van der Waals surface area contributed by atoms with Crippen LogP contribution in [0.25, 0.3) is 0 Å². The lowest BCUT2D eigenvalue weighted by atomic mass is 9.80. The van der Waals surface area contributed by atoms with Gasteiger partial charge >= 0.3 is 25.3 Å². The minimum atomic E-state index is -0.713. The normalized spacial score (nSPS) is 17.5. The Bertz CT molecular complexity index is 919. The summed E-state index contributed by atoms with van der Waals surface area (Å²) < 4.78 is 27.7. The molecule has 0 bridgehead atoms. The second kappa shape index (κ2) is 16.0. The molecule has 2 atom stereocenters. The molecule has 13 heteroatoms. The number of rotatable bonds is 10. The van der Waals surface area contributed by atoms with Crippen LogP contribution in [0.5, 0.6) is 0 Å². The Morgan fingerprint density at radius 1 is 0.791 bits per heavy atom. The second-order valence-electron chi connectivity index (χ2n) is 14.9. The van der Waals surface area contributed by atoms with Crippen molar-refractivity contribution < 1.29 is 42.7 Å². The molecule has 12 nitrogen and oxygen atoms in total. The van der Waals surface area contributed by atoms with Gasteiger partial charge in [-0.15, -0.1) is 0 Å². The molecule has 1 aliphatic heterocycles. The molecule has 0 aliphatic carbocycles. The molecule has 0 saturated carbocycles. The Labute approximate surface area is 259 Å². The van der Waals surface area contributed by atoms with E-state index in [2.05, 4.69) is 10.6 Å². The average Bonchev–Trinajstić information content (AvgIpc) is 2.94. The van der Waals surface area contributed by atoms with Gasteiger partial charge in [-0.1, -0.05) is 6.42 Å². The van der Waals surface area contributed by atoms with Crippen LogP contribution in [0.15, 0.2) is 0 Å². The fraction of sp³-hybridized carbons (Fsp3) is 0.867. The fourth-order valence-corrected chi connectivity index (χ4v) is 3.65. The lowest BCUT2D eigenvalue weighted by Crippen LogP contribution is -2.44. The third-order valence-electron chi connectivity index (χ3n) is 6.32. The Morgan fingerprint density at radius 3 is 1.65 bits per heavy atom. The van der Waals surface area contributed by atoms with Crippen molar-refractivity contribution in [2.24, 2.45) is 11.7 Å². The zero-order valence-electron chi connectivity index (χ0n) is 29.0. The van der Waals surface area contributed by atoms with Gasteiger partial charge in [0.1, 0.15) is 22.8 Å². The van der Waals surface area contributed by atoms with E-state index in [0.717, 1.165) is 19.2 Å². The summed E-state index contributed by atoms with van der Waals surface area (Å²) in [5.41, 5.74) is 2.55. The first-order valence-electron chi connectivity index (χ1n) is 15.0. The summed E-state index contributed by atoms with van der Waals surface area (Å²) in [6.45, 7) is 26.2. The van der Waals surface area contributed by atoms with Crippen LogP contribution >= 0.6 is 0 Å². The van der Waals surface area contributed by atoms with E-state index in [-0.39, 0.29) is 36.6 Å². The highest BCUT2D eigenvalue weighted by atomic mass is 16.7. The van der Waals surface area contributed by atoms with Crippen LogP contribution in [0.2, 0.25) is 6.32 Å². The third-order valence-corrected chi connectivity index (χ3v) is 6.32. The number of ether oxygens (including phenoxy) is 3. The van der Waals surface area contributed by atoms with Crippen LogP contribution in [-0.2, 0) is 33.1 Å². The number of hydrogen-bond donors (Lipinski definition) is 3. The van der Waals surface area contributed by atoms with E-state index in [1.165, 1.54) is 6.92 Å². The summed E-state index contributed by atoms with van der Waals surface area (Å²) in [5, 5.41) is 5.08. The van der Waals surface area contributed by atoms with Crippen molar-refractivity contribution in [2.75, 3.05) is 6.54 Å². The fourth-order valence-electron chi connectivity index (χ4n) is 3.65. The molecular weight excluding hydrogens is 557 g/mol. The molecule has 1 heterocycles. The van der Waals surface area contributed by atoms with Gasteiger partial charge in [-0.3, -0.25) is 9.59 Å². The Hall–Kier alpha value is -2.54. The molecule has 0 aromatic rings. The van der Waals surface area contributed by atoms with E-state index in [1.54, 1.807) is 20.8 Å². The standard InChI is InChI=1S/C22H42BNO6.C8H16N2O3/c1-19(2,3)27-17(25)14-16(15-24-18(26)28-20(4,5)6)12-11-13-23-29-21(7,8)22(9,10)30-23;1-5(6(9)11)10-7(12)13-8(2,3)4/h16H,11-15H2,1-10H3,(H,24,26);5H,1-4H3,(H2,9,11)(H,10,12). The molecule has 0 aromatic heterocycles. The SMILES string of the molecule is CC(C)(C)OC(=O)CC(CCCB1OC(C)(C)C(C)(C)O1)CNC(=O)OC(C)(C)C.CC(NC(=O)OC(C)(C)C)C(N)=O. The average molecular weight is 616 g/mol. The molecule has 0 radical (unpaired) electrons. The summed E-state index contributed by atoms with van der Waals surface area (Å²) >= 11 is 0. The van der Waals surface area contributed by atoms with Crippen molar-refractivity contribution in [3.8, 4) is 0 Å². The highest BCUT2D eigenvalue weighted by Crippen LogP contribution is 2.38. The molecule has 250 valence electrons. The largest absolute Gasteiger partial charge is 0.460 e. The number of carbonyl (C=O) groups excluding carboxylic acids is 4. The number of carbonyl (C=O) groups is 4. The molecule has 3 amide bonds. The number of esters is 1. The van der Waals surface area contributed by atoms with Crippen molar-refractivity contribution in [1.29, 1.82) is 0 Å². The summed E-state index contributed by atoms with van der Waals surface area (Å²) in [7, 11) is -0.268. The number of nitrogens with two attached hydrogens (primary N) is 1. The first kappa shape index (κ1) is 40.5. The molecule has 1 aliphatic rings. The Morgan fingerprint density at radius 2 is 1.23 bits per heavy atom. The van der Waals surface area contributed by atoms with Crippen molar-refractivity contribution in [2.45, 2.75) is 157 Å². The lowest BCUT2D eigenvalue weighted by Gasteiger charge is -2.32. The molecule has 4 N–H and O–H groups in total. The van der Waals surface area contributed by atoms with Crippen molar-refractivity contribution in [3.63, 3.8) is 0 Å². The first-order chi connectivity index (χ1) is 19.1. The third kappa shape index (κ3) is 18.7. The van der Waals surface area contributed by atoms with Crippen LogP contribution in [0.1, 0.15) is 116 Å². The molecule has 1 saturated heterocycles. The zero-order chi connectivity index (χ0) is 34.0. The molecule has 0 aromatic carbocycles. The van der Waals surface area contributed by atoms with Crippen LogP contribution < -0.4 is 16.4 Å². The maximum atomic E-state index is 12.3. The van der Waals surface area contributed by atoms with E-state index in [0.29, 0.717) is 6.54 Å². The molecule has 2 unspecified atom stereocenters. The molecule has 43 heavy (non-hydrogen) atoms. The van der Waals surface area contributed by atoms with E-state index < -0.39 is 40.9 Å². The number of alkyl carbamates (subject to hydrolysis) is 2. The number of nitrogens with one attached hydrogen (secondary N) is 2. The summed E-state index contributed by atoms with van der Waals surface area (Å²) in [6, 6.07) is -0.713. The van der Waals surface area contributed by atoms with Gasteiger partial charge in [0.05, 0.1) is 17.6 Å². The topological polar surface area (TPSA) is 165 Å². The predicted molar refractivity (Wildman–Crippen MR) is 166 cm³/mol. The Balaban J connectivity index is 0.00000114. The van der Waals surface area contributed by atoms with Crippen LogP contribution in [0, 0.1) is 5.92 Å².